The third kappa shape index (κ3) is 5.30. The number of carbonyl (C=O) groups excluding carboxylic acids is 1. The number of carbonyl (C=O) groups is 1. The SMILES string of the molecule is CSCCC(=O)N(CC1CCNCC1)C(C)C. The number of rotatable bonds is 6. The minimum atomic E-state index is 0.327. The highest BCUT2D eigenvalue weighted by Crippen LogP contribution is 2.16. The Bertz CT molecular complexity index is 227. The van der Waals surface area contributed by atoms with E-state index in [1.165, 1.54) is 12.8 Å². The summed E-state index contributed by atoms with van der Waals surface area (Å²) in [5, 5.41) is 3.37. The first-order chi connectivity index (χ1) is 8.15. The van der Waals surface area contributed by atoms with Crippen LogP contribution in [0.25, 0.3) is 0 Å². The van der Waals surface area contributed by atoms with Crippen molar-refractivity contribution in [2.24, 2.45) is 5.92 Å². The molecule has 1 aliphatic rings. The van der Waals surface area contributed by atoms with Gasteiger partial charge in [-0.1, -0.05) is 0 Å². The largest absolute Gasteiger partial charge is 0.340 e. The molecular weight excluding hydrogens is 232 g/mol. The maximum absolute atomic E-state index is 12.1. The van der Waals surface area contributed by atoms with Gasteiger partial charge in [-0.15, -0.1) is 0 Å². The number of nitrogens with one attached hydrogen (secondary N) is 1. The van der Waals surface area contributed by atoms with Crippen LogP contribution in [0.3, 0.4) is 0 Å². The second-order valence-corrected chi connectivity index (χ2v) is 6.06. The van der Waals surface area contributed by atoms with Crippen LogP contribution in [0.4, 0.5) is 0 Å². The molecular formula is C13H26N2OS. The average molecular weight is 258 g/mol. The zero-order chi connectivity index (χ0) is 12.7. The van der Waals surface area contributed by atoms with Crippen molar-refractivity contribution in [1.82, 2.24) is 10.2 Å². The summed E-state index contributed by atoms with van der Waals surface area (Å²) in [5.74, 6) is 1.96. The zero-order valence-corrected chi connectivity index (χ0v) is 12.2. The summed E-state index contributed by atoms with van der Waals surface area (Å²) in [6.07, 6.45) is 5.15. The van der Waals surface area contributed by atoms with Crippen molar-refractivity contribution in [3.63, 3.8) is 0 Å². The lowest BCUT2D eigenvalue weighted by Crippen LogP contribution is -2.43. The molecule has 0 unspecified atom stereocenters. The second-order valence-electron chi connectivity index (χ2n) is 5.08. The molecule has 0 radical (unpaired) electrons. The molecule has 1 saturated heterocycles. The summed E-state index contributed by atoms with van der Waals surface area (Å²) in [6, 6.07) is 0.333. The van der Waals surface area contributed by atoms with Gasteiger partial charge in [0.25, 0.3) is 0 Å². The maximum Gasteiger partial charge on any atom is 0.223 e. The quantitative estimate of drug-likeness (QED) is 0.790. The normalized spacial score (nSPS) is 17.4. The van der Waals surface area contributed by atoms with Crippen LogP contribution in [0, 0.1) is 5.92 Å². The number of hydrogen-bond acceptors (Lipinski definition) is 3. The minimum absolute atomic E-state index is 0.327. The summed E-state index contributed by atoms with van der Waals surface area (Å²) in [4.78, 5) is 14.2. The van der Waals surface area contributed by atoms with Gasteiger partial charge in [-0.25, -0.2) is 0 Å². The van der Waals surface area contributed by atoms with Crippen LogP contribution in [0.15, 0.2) is 0 Å². The fourth-order valence-corrected chi connectivity index (χ4v) is 2.65. The van der Waals surface area contributed by atoms with Crippen molar-refractivity contribution >= 4 is 17.7 Å². The van der Waals surface area contributed by atoms with Gasteiger partial charge in [-0.3, -0.25) is 4.79 Å². The molecule has 0 aliphatic carbocycles. The topological polar surface area (TPSA) is 32.3 Å². The van der Waals surface area contributed by atoms with Gasteiger partial charge in [0.1, 0.15) is 0 Å². The van der Waals surface area contributed by atoms with Gasteiger partial charge in [0.2, 0.25) is 5.91 Å². The van der Waals surface area contributed by atoms with E-state index in [1.807, 2.05) is 0 Å². The minimum Gasteiger partial charge on any atom is -0.340 e. The fraction of sp³-hybridized carbons (Fsp3) is 0.923. The molecule has 1 fully saturated rings. The van der Waals surface area contributed by atoms with Crippen molar-refractivity contribution in [1.29, 1.82) is 0 Å². The molecule has 0 bridgehead atoms. The van der Waals surface area contributed by atoms with Crippen LogP contribution < -0.4 is 5.32 Å². The molecule has 4 heteroatoms. The summed E-state index contributed by atoms with van der Waals surface area (Å²) in [6.45, 7) is 7.41. The highest BCUT2D eigenvalue weighted by molar-refractivity contribution is 7.98. The van der Waals surface area contributed by atoms with Gasteiger partial charge < -0.3 is 10.2 Å². The zero-order valence-electron chi connectivity index (χ0n) is 11.4. The van der Waals surface area contributed by atoms with Gasteiger partial charge in [-0.05, 0) is 52.0 Å². The molecule has 1 N–H and O–H groups in total. The lowest BCUT2D eigenvalue weighted by molar-refractivity contribution is -0.133. The van der Waals surface area contributed by atoms with E-state index in [4.69, 9.17) is 0 Å². The lowest BCUT2D eigenvalue weighted by Gasteiger charge is -2.33. The molecule has 1 amide bonds. The Morgan fingerprint density at radius 2 is 2.06 bits per heavy atom. The van der Waals surface area contributed by atoms with Crippen molar-refractivity contribution in [3.8, 4) is 0 Å². The van der Waals surface area contributed by atoms with Crippen molar-refractivity contribution in [2.75, 3.05) is 31.6 Å². The highest BCUT2D eigenvalue weighted by Gasteiger charge is 2.22. The number of amides is 1. The molecule has 0 atom stereocenters. The first kappa shape index (κ1) is 14.8. The Labute approximate surface area is 110 Å². The maximum atomic E-state index is 12.1. The van der Waals surface area contributed by atoms with Gasteiger partial charge in [0.05, 0.1) is 0 Å². The number of piperidine rings is 1. The molecule has 0 spiro atoms. The van der Waals surface area contributed by atoms with E-state index in [2.05, 4.69) is 30.3 Å². The molecule has 0 aromatic carbocycles. The van der Waals surface area contributed by atoms with Crippen LogP contribution in [0.2, 0.25) is 0 Å². The second kappa shape index (κ2) is 7.98. The Morgan fingerprint density at radius 1 is 1.41 bits per heavy atom. The van der Waals surface area contributed by atoms with Crippen molar-refractivity contribution < 1.29 is 4.79 Å². The third-order valence-electron chi connectivity index (χ3n) is 3.38. The molecule has 1 aliphatic heterocycles. The van der Waals surface area contributed by atoms with Crippen LogP contribution in [-0.4, -0.2) is 48.5 Å². The van der Waals surface area contributed by atoms with E-state index in [0.717, 1.165) is 25.4 Å². The van der Waals surface area contributed by atoms with Crippen molar-refractivity contribution in [3.05, 3.63) is 0 Å². The van der Waals surface area contributed by atoms with Gasteiger partial charge in [-0.2, -0.15) is 11.8 Å². The molecule has 0 aromatic rings. The summed E-state index contributed by atoms with van der Waals surface area (Å²) < 4.78 is 0. The van der Waals surface area contributed by atoms with Gasteiger partial charge in [0.15, 0.2) is 0 Å². The van der Waals surface area contributed by atoms with Crippen LogP contribution in [0.5, 0.6) is 0 Å². The Kier molecular flexibility index (Phi) is 6.97. The Balaban J connectivity index is 2.43. The number of nitrogens with zero attached hydrogens (tertiary/aromatic N) is 1. The van der Waals surface area contributed by atoms with E-state index in [-0.39, 0.29) is 0 Å². The Hall–Kier alpha value is -0.220. The smallest absolute Gasteiger partial charge is 0.223 e. The van der Waals surface area contributed by atoms with E-state index in [9.17, 15) is 4.79 Å². The monoisotopic (exact) mass is 258 g/mol. The number of thioether (sulfide) groups is 1. The van der Waals surface area contributed by atoms with Crippen LogP contribution in [-0.2, 0) is 4.79 Å². The van der Waals surface area contributed by atoms with E-state index in [0.29, 0.717) is 24.3 Å². The first-order valence-corrected chi connectivity index (χ1v) is 8.03. The number of hydrogen-bond donors (Lipinski definition) is 1. The first-order valence-electron chi connectivity index (χ1n) is 6.64. The highest BCUT2D eigenvalue weighted by atomic mass is 32.2. The molecule has 0 saturated carbocycles. The van der Waals surface area contributed by atoms with Crippen LogP contribution in [0.1, 0.15) is 33.1 Å². The predicted molar refractivity (Wildman–Crippen MR) is 75.4 cm³/mol. The van der Waals surface area contributed by atoms with E-state index < -0.39 is 0 Å². The molecule has 3 nitrogen and oxygen atoms in total. The van der Waals surface area contributed by atoms with E-state index >= 15 is 0 Å². The van der Waals surface area contributed by atoms with Gasteiger partial charge >= 0.3 is 0 Å². The Morgan fingerprint density at radius 3 is 2.59 bits per heavy atom. The molecule has 17 heavy (non-hydrogen) atoms. The summed E-state index contributed by atoms with van der Waals surface area (Å²) in [7, 11) is 0. The molecule has 0 aromatic heterocycles. The lowest BCUT2D eigenvalue weighted by atomic mass is 9.97. The summed E-state index contributed by atoms with van der Waals surface area (Å²) in [5.41, 5.74) is 0. The third-order valence-corrected chi connectivity index (χ3v) is 3.99. The fourth-order valence-electron chi connectivity index (χ4n) is 2.28. The molecule has 1 rings (SSSR count). The van der Waals surface area contributed by atoms with Gasteiger partial charge in [0, 0.05) is 24.8 Å². The molecule has 100 valence electrons. The molecule has 1 heterocycles. The predicted octanol–water partition coefficient (Wildman–Crippen LogP) is 1.98. The average Bonchev–Trinajstić information content (AvgIpc) is 2.34. The van der Waals surface area contributed by atoms with E-state index in [1.54, 1.807) is 11.8 Å². The van der Waals surface area contributed by atoms with Crippen LogP contribution >= 0.6 is 11.8 Å². The standard InChI is InChI=1S/C13H26N2OS/c1-11(2)15(13(16)6-9-17-3)10-12-4-7-14-8-5-12/h11-12,14H,4-10H2,1-3H3. The van der Waals surface area contributed by atoms with Crippen molar-refractivity contribution in [2.45, 2.75) is 39.2 Å². The summed E-state index contributed by atoms with van der Waals surface area (Å²) >= 11 is 1.75.